The highest BCUT2D eigenvalue weighted by Crippen LogP contribution is 2.18. The standard InChI is InChI=1S/C17H26N2O2/c1-13(2)15-5-7-16(8-6-15)18-17(21)11-19-9-3-4-14(10-19)12-20/h5-8,13-14,20H,3-4,9-12H2,1-2H3,(H,18,21). The van der Waals surface area contributed by atoms with Crippen LogP contribution in [0.4, 0.5) is 5.69 Å². The monoisotopic (exact) mass is 290 g/mol. The predicted octanol–water partition coefficient (Wildman–Crippen LogP) is 2.45. The summed E-state index contributed by atoms with van der Waals surface area (Å²) >= 11 is 0. The van der Waals surface area contributed by atoms with E-state index in [9.17, 15) is 9.90 Å². The number of piperidine rings is 1. The number of nitrogens with one attached hydrogen (secondary N) is 1. The van der Waals surface area contributed by atoms with Crippen molar-refractivity contribution in [2.75, 3.05) is 31.6 Å². The van der Waals surface area contributed by atoms with E-state index in [1.54, 1.807) is 0 Å². The van der Waals surface area contributed by atoms with Crippen LogP contribution >= 0.6 is 0 Å². The molecule has 1 heterocycles. The molecule has 116 valence electrons. The van der Waals surface area contributed by atoms with E-state index < -0.39 is 0 Å². The number of anilines is 1. The third-order valence-corrected chi connectivity index (χ3v) is 4.09. The van der Waals surface area contributed by atoms with Gasteiger partial charge in [0.25, 0.3) is 0 Å². The Bertz CT molecular complexity index is 456. The molecule has 0 saturated carbocycles. The van der Waals surface area contributed by atoms with E-state index in [-0.39, 0.29) is 12.5 Å². The molecule has 1 unspecified atom stereocenters. The van der Waals surface area contributed by atoms with Gasteiger partial charge in [-0.2, -0.15) is 0 Å². The van der Waals surface area contributed by atoms with Gasteiger partial charge in [0.05, 0.1) is 6.54 Å². The summed E-state index contributed by atoms with van der Waals surface area (Å²) in [6, 6.07) is 8.03. The molecule has 1 aliphatic heterocycles. The van der Waals surface area contributed by atoms with E-state index in [0.29, 0.717) is 18.4 Å². The van der Waals surface area contributed by atoms with Crippen molar-refractivity contribution in [3.8, 4) is 0 Å². The quantitative estimate of drug-likeness (QED) is 0.876. The average Bonchev–Trinajstić information content (AvgIpc) is 2.47. The normalized spacial score (nSPS) is 19.7. The van der Waals surface area contributed by atoms with Crippen LogP contribution in [0.25, 0.3) is 0 Å². The van der Waals surface area contributed by atoms with Crippen molar-refractivity contribution < 1.29 is 9.90 Å². The molecule has 1 amide bonds. The topological polar surface area (TPSA) is 52.6 Å². The summed E-state index contributed by atoms with van der Waals surface area (Å²) in [7, 11) is 0. The zero-order valence-corrected chi connectivity index (χ0v) is 13.0. The van der Waals surface area contributed by atoms with Crippen molar-refractivity contribution in [3.05, 3.63) is 29.8 Å². The van der Waals surface area contributed by atoms with Gasteiger partial charge in [-0.3, -0.25) is 9.69 Å². The molecule has 1 atom stereocenters. The van der Waals surface area contributed by atoms with Crippen LogP contribution in [0.2, 0.25) is 0 Å². The van der Waals surface area contributed by atoms with E-state index in [1.807, 2.05) is 12.1 Å². The van der Waals surface area contributed by atoms with Gasteiger partial charge in [0.1, 0.15) is 0 Å². The van der Waals surface area contributed by atoms with Gasteiger partial charge in [-0.1, -0.05) is 26.0 Å². The maximum Gasteiger partial charge on any atom is 0.238 e. The molecule has 0 spiro atoms. The van der Waals surface area contributed by atoms with Crippen molar-refractivity contribution in [1.29, 1.82) is 0 Å². The lowest BCUT2D eigenvalue weighted by atomic mass is 9.99. The zero-order valence-electron chi connectivity index (χ0n) is 13.0. The van der Waals surface area contributed by atoms with Gasteiger partial charge in [0, 0.05) is 18.8 Å². The summed E-state index contributed by atoms with van der Waals surface area (Å²) in [5, 5.41) is 12.2. The molecular formula is C17H26N2O2. The number of carbonyl (C=O) groups is 1. The number of aliphatic hydroxyl groups is 1. The minimum atomic E-state index is 0.0193. The molecule has 2 N–H and O–H groups in total. The number of amides is 1. The fourth-order valence-corrected chi connectivity index (χ4v) is 2.80. The molecule has 1 saturated heterocycles. The second-order valence-electron chi connectivity index (χ2n) is 6.25. The number of rotatable bonds is 5. The van der Waals surface area contributed by atoms with Crippen molar-refractivity contribution >= 4 is 11.6 Å². The number of hydrogen-bond donors (Lipinski definition) is 2. The lowest BCUT2D eigenvalue weighted by Crippen LogP contribution is -2.41. The second-order valence-corrected chi connectivity index (χ2v) is 6.25. The zero-order chi connectivity index (χ0) is 15.2. The van der Waals surface area contributed by atoms with Gasteiger partial charge in [-0.25, -0.2) is 0 Å². The van der Waals surface area contributed by atoms with Crippen molar-refractivity contribution in [2.45, 2.75) is 32.6 Å². The lowest BCUT2D eigenvalue weighted by Gasteiger charge is -2.31. The van der Waals surface area contributed by atoms with Gasteiger partial charge in [0.2, 0.25) is 5.91 Å². The Hall–Kier alpha value is -1.39. The van der Waals surface area contributed by atoms with Crippen molar-refractivity contribution in [2.24, 2.45) is 5.92 Å². The molecule has 0 bridgehead atoms. The summed E-state index contributed by atoms with van der Waals surface area (Å²) in [5.41, 5.74) is 2.12. The molecule has 4 nitrogen and oxygen atoms in total. The van der Waals surface area contributed by atoms with E-state index in [2.05, 4.69) is 36.2 Å². The maximum absolute atomic E-state index is 12.1. The summed E-state index contributed by atoms with van der Waals surface area (Å²) in [4.78, 5) is 14.2. The lowest BCUT2D eigenvalue weighted by molar-refractivity contribution is -0.117. The van der Waals surface area contributed by atoms with Crippen molar-refractivity contribution in [3.63, 3.8) is 0 Å². The van der Waals surface area contributed by atoms with E-state index in [1.165, 1.54) is 5.56 Å². The Morgan fingerprint density at radius 3 is 2.71 bits per heavy atom. The van der Waals surface area contributed by atoms with Crippen LogP contribution in [-0.4, -0.2) is 42.2 Å². The number of aliphatic hydroxyl groups excluding tert-OH is 1. The van der Waals surface area contributed by atoms with Crippen LogP contribution < -0.4 is 5.32 Å². The molecule has 21 heavy (non-hydrogen) atoms. The Labute approximate surface area is 127 Å². The predicted molar refractivity (Wildman–Crippen MR) is 85.4 cm³/mol. The first-order valence-corrected chi connectivity index (χ1v) is 7.81. The first-order valence-electron chi connectivity index (χ1n) is 7.81. The first kappa shape index (κ1) is 16.0. The summed E-state index contributed by atoms with van der Waals surface area (Å²) in [6.07, 6.45) is 2.12. The molecular weight excluding hydrogens is 264 g/mol. The molecule has 1 fully saturated rings. The second kappa shape index (κ2) is 7.57. The molecule has 2 rings (SSSR count). The van der Waals surface area contributed by atoms with E-state index in [4.69, 9.17) is 0 Å². The van der Waals surface area contributed by atoms with Gasteiger partial charge in [0.15, 0.2) is 0 Å². The average molecular weight is 290 g/mol. The van der Waals surface area contributed by atoms with Gasteiger partial charge >= 0.3 is 0 Å². The van der Waals surface area contributed by atoms with Gasteiger partial charge in [-0.05, 0) is 48.9 Å². The Balaban J connectivity index is 1.83. The largest absolute Gasteiger partial charge is 0.396 e. The van der Waals surface area contributed by atoms with Crippen LogP contribution in [0.15, 0.2) is 24.3 Å². The molecule has 1 aromatic carbocycles. The van der Waals surface area contributed by atoms with Crippen molar-refractivity contribution in [1.82, 2.24) is 4.90 Å². The van der Waals surface area contributed by atoms with Gasteiger partial charge in [-0.15, -0.1) is 0 Å². The molecule has 4 heteroatoms. The van der Waals surface area contributed by atoms with E-state index >= 15 is 0 Å². The number of hydrogen-bond acceptors (Lipinski definition) is 3. The SMILES string of the molecule is CC(C)c1ccc(NC(=O)CN2CCCC(CO)C2)cc1. The van der Waals surface area contributed by atoms with E-state index in [0.717, 1.165) is 31.6 Å². The highest BCUT2D eigenvalue weighted by atomic mass is 16.3. The number of benzene rings is 1. The number of likely N-dealkylation sites (tertiary alicyclic amines) is 1. The molecule has 0 radical (unpaired) electrons. The summed E-state index contributed by atoms with van der Waals surface area (Å²) in [5.74, 6) is 0.835. The minimum absolute atomic E-state index is 0.0193. The molecule has 1 aliphatic rings. The highest BCUT2D eigenvalue weighted by molar-refractivity contribution is 5.92. The van der Waals surface area contributed by atoms with Crippen LogP contribution in [-0.2, 0) is 4.79 Å². The summed E-state index contributed by atoms with van der Waals surface area (Å²) < 4.78 is 0. The van der Waals surface area contributed by atoms with Crippen LogP contribution in [0.3, 0.4) is 0 Å². The fourth-order valence-electron chi connectivity index (χ4n) is 2.80. The molecule has 0 aromatic heterocycles. The summed E-state index contributed by atoms with van der Waals surface area (Å²) in [6.45, 7) is 6.69. The Morgan fingerprint density at radius 1 is 1.38 bits per heavy atom. The highest BCUT2D eigenvalue weighted by Gasteiger charge is 2.20. The minimum Gasteiger partial charge on any atom is -0.396 e. The van der Waals surface area contributed by atoms with Crippen LogP contribution in [0, 0.1) is 5.92 Å². The van der Waals surface area contributed by atoms with Gasteiger partial charge < -0.3 is 10.4 Å². The maximum atomic E-state index is 12.1. The Morgan fingerprint density at radius 2 is 2.10 bits per heavy atom. The third kappa shape index (κ3) is 4.83. The number of nitrogens with zero attached hydrogens (tertiary/aromatic N) is 1. The third-order valence-electron chi connectivity index (χ3n) is 4.09. The fraction of sp³-hybridized carbons (Fsp3) is 0.588. The molecule has 0 aliphatic carbocycles. The molecule has 1 aromatic rings. The van der Waals surface area contributed by atoms with Crippen LogP contribution in [0.5, 0.6) is 0 Å². The Kier molecular flexibility index (Phi) is 5.76. The first-order chi connectivity index (χ1) is 10.1. The number of carbonyl (C=O) groups excluding carboxylic acids is 1. The van der Waals surface area contributed by atoms with Crippen LogP contribution in [0.1, 0.15) is 38.2 Å². The smallest absolute Gasteiger partial charge is 0.238 e.